The van der Waals surface area contributed by atoms with Gasteiger partial charge in [0, 0.05) is 37.5 Å². The normalized spacial score (nSPS) is 13.5. The number of amides is 1. The molecule has 1 aliphatic heterocycles. The number of benzene rings is 1. The number of pyridine rings is 1. The first kappa shape index (κ1) is 14.9. The van der Waals surface area contributed by atoms with Crippen LogP contribution in [0.15, 0.2) is 36.5 Å². The number of hydrogen-bond acceptors (Lipinski definition) is 3. The molecule has 0 unspecified atom stereocenters. The summed E-state index contributed by atoms with van der Waals surface area (Å²) in [6.45, 7) is 4.85. The zero-order valence-corrected chi connectivity index (χ0v) is 13.9. The average molecular weight is 320 g/mol. The van der Waals surface area contributed by atoms with Crippen LogP contribution in [0.3, 0.4) is 0 Å². The Balaban J connectivity index is 1.85. The molecule has 3 aromatic rings. The number of carbonyl (C=O) groups excluding carboxylic acids is 1. The highest BCUT2D eigenvalue weighted by molar-refractivity contribution is 5.94. The largest absolute Gasteiger partial charge is 0.325 e. The molecule has 1 aromatic carbocycles. The molecule has 1 aliphatic rings. The van der Waals surface area contributed by atoms with Gasteiger partial charge in [0.05, 0.1) is 11.4 Å². The van der Waals surface area contributed by atoms with E-state index in [-0.39, 0.29) is 5.91 Å². The van der Waals surface area contributed by atoms with Gasteiger partial charge in [-0.15, -0.1) is 0 Å². The first-order valence-corrected chi connectivity index (χ1v) is 8.17. The SMILES string of the molecule is CC(=O)N1CCc2cc(-c3nc4ccc(C)cn4c3CN)ccc21. The minimum Gasteiger partial charge on any atom is -0.325 e. The van der Waals surface area contributed by atoms with Crippen molar-refractivity contribution in [2.45, 2.75) is 26.8 Å². The molecule has 0 saturated carbocycles. The highest BCUT2D eigenvalue weighted by atomic mass is 16.2. The number of fused-ring (bicyclic) bond motifs is 2. The van der Waals surface area contributed by atoms with Crippen molar-refractivity contribution < 1.29 is 4.79 Å². The second kappa shape index (κ2) is 5.46. The zero-order chi connectivity index (χ0) is 16.8. The van der Waals surface area contributed by atoms with Gasteiger partial charge in [-0.1, -0.05) is 12.1 Å². The van der Waals surface area contributed by atoms with E-state index >= 15 is 0 Å². The Labute approximate surface area is 140 Å². The van der Waals surface area contributed by atoms with Crippen molar-refractivity contribution in [3.63, 3.8) is 0 Å². The van der Waals surface area contributed by atoms with Crippen LogP contribution in [-0.4, -0.2) is 21.8 Å². The van der Waals surface area contributed by atoms with E-state index in [0.717, 1.165) is 41.3 Å². The van der Waals surface area contributed by atoms with Crippen LogP contribution < -0.4 is 10.6 Å². The first-order valence-electron chi connectivity index (χ1n) is 8.17. The quantitative estimate of drug-likeness (QED) is 0.789. The van der Waals surface area contributed by atoms with Crippen LogP contribution in [-0.2, 0) is 17.8 Å². The summed E-state index contributed by atoms with van der Waals surface area (Å²) in [5.74, 6) is 0.0901. The Bertz CT molecular complexity index is 957. The van der Waals surface area contributed by atoms with Gasteiger partial charge >= 0.3 is 0 Å². The number of nitrogens with two attached hydrogens (primary N) is 1. The predicted molar refractivity (Wildman–Crippen MR) is 95.0 cm³/mol. The molecule has 4 rings (SSSR count). The minimum atomic E-state index is 0.0901. The molecule has 0 fully saturated rings. The topological polar surface area (TPSA) is 63.6 Å². The molecule has 24 heavy (non-hydrogen) atoms. The molecule has 0 saturated heterocycles. The summed E-state index contributed by atoms with van der Waals surface area (Å²) >= 11 is 0. The summed E-state index contributed by atoms with van der Waals surface area (Å²) in [7, 11) is 0. The third-order valence-electron chi connectivity index (χ3n) is 4.69. The Kier molecular flexibility index (Phi) is 3.39. The minimum absolute atomic E-state index is 0.0901. The van der Waals surface area contributed by atoms with Gasteiger partial charge in [0.15, 0.2) is 0 Å². The molecular weight excluding hydrogens is 300 g/mol. The lowest BCUT2D eigenvalue weighted by atomic mass is 10.0. The lowest BCUT2D eigenvalue weighted by Gasteiger charge is -2.14. The number of nitrogens with zero attached hydrogens (tertiary/aromatic N) is 3. The van der Waals surface area contributed by atoms with Gasteiger partial charge in [-0.2, -0.15) is 0 Å². The highest BCUT2D eigenvalue weighted by Gasteiger charge is 2.23. The average Bonchev–Trinajstić information content (AvgIpc) is 3.14. The van der Waals surface area contributed by atoms with E-state index in [2.05, 4.69) is 29.7 Å². The van der Waals surface area contributed by atoms with Crippen LogP contribution in [0.25, 0.3) is 16.9 Å². The Morgan fingerprint density at radius 2 is 2.12 bits per heavy atom. The fourth-order valence-electron chi connectivity index (χ4n) is 3.50. The van der Waals surface area contributed by atoms with E-state index in [9.17, 15) is 4.79 Å². The van der Waals surface area contributed by atoms with Crippen molar-refractivity contribution in [2.24, 2.45) is 5.73 Å². The van der Waals surface area contributed by atoms with Crippen LogP contribution in [0.4, 0.5) is 5.69 Å². The number of imidazole rings is 1. The molecule has 0 spiro atoms. The lowest BCUT2D eigenvalue weighted by molar-refractivity contribution is -0.116. The molecule has 0 aliphatic carbocycles. The van der Waals surface area contributed by atoms with Crippen LogP contribution >= 0.6 is 0 Å². The Morgan fingerprint density at radius 1 is 1.29 bits per heavy atom. The third kappa shape index (κ3) is 2.20. The van der Waals surface area contributed by atoms with Crippen molar-refractivity contribution in [1.82, 2.24) is 9.38 Å². The van der Waals surface area contributed by atoms with Gasteiger partial charge < -0.3 is 15.0 Å². The van der Waals surface area contributed by atoms with Crippen LogP contribution in [0.2, 0.25) is 0 Å². The molecule has 1 amide bonds. The molecular formula is C19H20N4O. The van der Waals surface area contributed by atoms with Gasteiger partial charge in [-0.25, -0.2) is 4.98 Å². The Morgan fingerprint density at radius 3 is 2.88 bits per heavy atom. The van der Waals surface area contributed by atoms with Crippen molar-refractivity contribution >= 4 is 17.2 Å². The fraction of sp³-hybridized carbons (Fsp3) is 0.263. The maximum atomic E-state index is 11.7. The molecule has 122 valence electrons. The summed E-state index contributed by atoms with van der Waals surface area (Å²) in [5, 5.41) is 0. The van der Waals surface area contributed by atoms with Gasteiger partial charge in [0.1, 0.15) is 5.65 Å². The summed E-state index contributed by atoms with van der Waals surface area (Å²) in [5.41, 5.74) is 13.3. The number of aromatic nitrogens is 2. The van der Waals surface area contributed by atoms with Crippen LogP contribution in [0.5, 0.6) is 0 Å². The first-order chi connectivity index (χ1) is 11.6. The molecule has 5 heteroatoms. The summed E-state index contributed by atoms with van der Waals surface area (Å²) < 4.78 is 2.07. The molecule has 0 radical (unpaired) electrons. The van der Waals surface area contributed by atoms with Crippen molar-refractivity contribution in [2.75, 3.05) is 11.4 Å². The molecule has 3 heterocycles. The van der Waals surface area contributed by atoms with E-state index in [4.69, 9.17) is 10.7 Å². The third-order valence-corrected chi connectivity index (χ3v) is 4.69. The number of carbonyl (C=O) groups is 1. The molecule has 2 aromatic heterocycles. The molecule has 2 N–H and O–H groups in total. The smallest absolute Gasteiger partial charge is 0.223 e. The van der Waals surface area contributed by atoms with E-state index in [1.54, 1.807) is 6.92 Å². The number of rotatable bonds is 2. The van der Waals surface area contributed by atoms with E-state index in [1.807, 2.05) is 23.1 Å². The van der Waals surface area contributed by atoms with E-state index in [1.165, 1.54) is 11.1 Å². The summed E-state index contributed by atoms with van der Waals surface area (Å²) in [4.78, 5) is 18.3. The number of aryl methyl sites for hydroxylation is 1. The fourth-order valence-corrected chi connectivity index (χ4v) is 3.50. The zero-order valence-electron chi connectivity index (χ0n) is 13.9. The summed E-state index contributed by atoms with van der Waals surface area (Å²) in [6.07, 6.45) is 2.95. The van der Waals surface area contributed by atoms with Gasteiger partial charge in [0.2, 0.25) is 5.91 Å². The van der Waals surface area contributed by atoms with E-state index < -0.39 is 0 Å². The van der Waals surface area contributed by atoms with Gasteiger partial charge in [-0.05, 0) is 42.7 Å². The Hall–Kier alpha value is -2.66. The van der Waals surface area contributed by atoms with E-state index in [0.29, 0.717) is 6.54 Å². The van der Waals surface area contributed by atoms with Crippen molar-refractivity contribution in [3.8, 4) is 11.3 Å². The van der Waals surface area contributed by atoms with Gasteiger partial charge in [-0.3, -0.25) is 4.79 Å². The second-order valence-electron chi connectivity index (χ2n) is 6.31. The number of hydrogen-bond donors (Lipinski definition) is 1. The van der Waals surface area contributed by atoms with Crippen molar-refractivity contribution in [1.29, 1.82) is 0 Å². The lowest BCUT2D eigenvalue weighted by Crippen LogP contribution is -2.25. The summed E-state index contributed by atoms with van der Waals surface area (Å²) in [6, 6.07) is 10.3. The van der Waals surface area contributed by atoms with Crippen LogP contribution in [0.1, 0.15) is 23.7 Å². The highest BCUT2D eigenvalue weighted by Crippen LogP contribution is 2.33. The van der Waals surface area contributed by atoms with Crippen LogP contribution in [0, 0.1) is 6.92 Å². The second-order valence-corrected chi connectivity index (χ2v) is 6.31. The standard InChI is InChI=1S/C19H20N4O/c1-12-3-6-18-21-19(17(10-20)23(18)11-12)15-4-5-16-14(9-15)7-8-22(16)13(2)24/h3-6,9,11H,7-8,10,20H2,1-2H3. The predicted octanol–water partition coefficient (Wildman–Crippen LogP) is 2.68. The van der Waals surface area contributed by atoms with Crippen molar-refractivity contribution in [3.05, 3.63) is 53.3 Å². The molecule has 0 atom stereocenters. The molecule has 5 nitrogen and oxygen atoms in total. The molecule has 0 bridgehead atoms. The maximum Gasteiger partial charge on any atom is 0.223 e. The monoisotopic (exact) mass is 320 g/mol. The number of anilines is 1. The maximum absolute atomic E-state index is 11.7. The van der Waals surface area contributed by atoms with Gasteiger partial charge in [0.25, 0.3) is 0 Å².